The number of rotatable bonds is 3. The summed E-state index contributed by atoms with van der Waals surface area (Å²) in [6.45, 7) is 6.61. The lowest BCUT2D eigenvalue weighted by atomic mass is 10.0. The second kappa shape index (κ2) is 4.95. The van der Waals surface area contributed by atoms with E-state index in [1.165, 1.54) is 0 Å². The third-order valence-electron chi connectivity index (χ3n) is 3.69. The van der Waals surface area contributed by atoms with Crippen molar-refractivity contribution < 1.29 is 19.4 Å². The first-order valence-electron chi connectivity index (χ1n) is 7.00. The van der Waals surface area contributed by atoms with Crippen molar-refractivity contribution in [3.8, 4) is 11.5 Å². The van der Waals surface area contributed by atoms with Gasteiger partial charge in [-0.25, -0.2) is 9.78 Å². The molecule has 0 amide bonds. The van der Waals surface area contributed by atoms with E-state index < -0.39 is 12.0 Å². The van der Waals surface area contributed by atoms with Gasteiger partial charge in [-0.3, -0.25) is 0 Å². The van der Waals surface area contributed by atoms with E-state index in [0.717, 1.165) is 11.0 Å². The minimum absolute atomic E-state index is 0.0493. The van der Waals surface area contributed by atoms with Crippen molar-refractivity contribution in [2.45, 2.75) is 26.8 Å². The van der Waals surface area contributed by atoms with E-state index >= 15 is 0 Å². The van der Waals surface area contributed by atoms with Gasteiger partial charge in [0.1, 0.15) is 25.1 Å². The maximum Gasteiger partial charge on any atom is 0.327 e. The summed E-state index contributed by atoms with van der Waals surface area (Å²) in [7, 11) is 0. The summed E-state index contributed by atoms with van der Waals surface area (Å²) < 4.78 is 12.9. The van der Waals surface area contributed by atoms with Crippen molar-refractivity contribution in [2.75, 3.05) is 13.2 Å². The molecule has 1 aromatic heterocycles. The highest BCUT2D eigenvalue weighted by atomic mass is 16.6. The van der Waals surface area contributed by atoms with Crippen LogP contribution in [0.1, 0.15) is 25.7 Å². The van der Waals surface area contributed by atoms with Crippen molar-refractivity contribution in [3.05, 3.63) is 18.0 Å². The van der Waals surface area contributed by atoms with Gasteiger partial charge in [0.2, 0.25) is 0 Å². The highest BCUT2D eigenvalue weighted by molar-refractivity contribution is 5.83. The molecule has 0 aliphatic carbocycles. The number of aliphatic carboxylic acids is 1. The molecule has 1 aliphatic heterocycles. The van der Waals surface area contributed by atoms with Crippen LogP contribution in [0, 0.1) is 12.8 Å². The van der Waals surface area contributed by atoms with Gasteiger partial charge in [-0.2, -0.15) is 0 Å². The number of carboxylic acids is 1. The minimum atomic E-state index is -0.859. The molecule has 1 aliphatic rings. The largest absolute Gasteiger partial charge is 0.486 e. The summed E-state index contributed by atoms with van der Waals surface area (Å²) in [4.78, 5) is 16.1. The van der Waals surface area contributed by atoms with Gasteiger partial charge in [0, 0.05) is 12.1 Å². The lowest BCUT2D eigenvalue weighted by molar-refractivity contribution is -0.142. The quantitative estimate of drug-likeness (QED) is 0.939. The predicted molar refractivity (Wildman–Crippen MR) is 77.0 cm³/mol. The van der Waals surface area contributed by atoms with Gasteiger partial charge < -0.3 is 19.1 Å². The van der Waals surface area contributed by atoms with E-state index in [-0.39, 0.29) is 5.92 Å². The summed E-state index contributed by atoms with van der Waals surface area (Å²) in [5.41, 5.74) is 1.49. The van der Waals surface area contributed by atoms with E-state index in [1.807, 2.05) is 32.9 Å². The number of imidazole rings is 1. The van der Waals surface area contributed by atoms with Crippen LogP contribution in [-0.2, 0) is 4.79 Å². The molecule has 0 radical (unpaired) electrons. The third-order valence-corrected chi connectivity index (χ3v) is 3.69. The molecule has 112 valence electrons. The summed E-state index contributed by atoms with van der Waals surface area (Å²) in [5.74, 6) is 1.07. The number of nitrogens with zero attached hydrogens (tertiary/aromatic N) is 2. The first-order valence-corrected chi connectivity index (χ1v) is 7.00. The molecule has 2 aromatic rings. The Labute approximate surface area is 122 Å². The van der Waals surface area contributed by atoms with E-state index in [4.69, 9.17) is 9.47 Å². The van der Waals surface area contributed by atoms with Crippen molar-refractivity contribution in [3.63, 3.8) is 0 Å². The lowest BCUT2D eigenvalue weighted by Crippen LogP contribution is -2.25. The van der Waals surface area contributed by atoms with Crippen molar-refractivity contribution in [2.24, 2.45) is 5.92 Å². The zero-order valence-corrected chi connectivity index (χ0v) is 12.3. The molecule has 1 aromatic carbocycles. The van der Waals surface area contributed by atoms with Crippen LogP contribution in [-0.4, -0.2) is 33.8 Å². The Hall–Kier alpha value is -2.24. The molecule has 1 unspecified atom stereocenters. The molecule has 1 atom stereocenters. The SMILES string of the molecule is Cc1nc2cc3c(cc2n1C(C(=O)O)C(C)C)OCCO3. The van der Waals surface area contributed by atoms with Gasteiger partial charge in [0.25, 0.3) is 0 Å². The first-order chi connectivity index (χ1) is 9.99. The Bertz CT molecular complexity index is 705. The van der Waals surface area contributed by atoms with Crippen LogP contribution in [0.4, 0.5) is 0 Å². The molecular weight excluding hydrogens is 272 g/mol. The van der Waals surface area contributed by atoms with Gasteiger partial charge in [0.05, 0.1) is 11.0 Å². The average Bonchev–Trinajstić information content (AvgIpc) is 2.72. The van der Waals surface area contributed by atoms with Gasteiger partial charge in [0.15, 0.2) is 11.5 Å². The van der Waals surface area contributed by atoms with Crippen molar-refractivity contribution in [1.82, 2.24) is 9.55 Å². The van der Waals surface area contributed by atoms with E-state index in [0.29, 0.717) is 30.5 Å². The fraction of sp³-hybridized carbons (Fsp3) is 0.467. The van der Waals surface area contributed by atoms with Gasteiger partial charge >= 0.3 is 5.97 Å². The summed E-state index contributed by atoms with van der Waals surface area (Å²) >= 11 is 0. The number of hydrogen-bond donors (Lipinski definition) is 1. The number of benzene rings is 1. The van der Waals surface area contributed by atoms with Crippen molar-refractivity contribution >= 4 is 17.0 Å². The molecule has 0 saturated carbocycles. The molecule has 0 fully saturated rings. The van der Waals surface area contributed by atoms with E-state index in [9.17, 15) is 9.90 Å². The maximum absolute atomic E-state index is 11.6. The number of ether oxygens (including phenoxy) is 2. The molecule has 21 heavy (non-hydrogen) atoms. The normalized spacial score (nSPS) is 15.4. The molecule has 1 N–H and O–H groups in total. The van der Waals surface area contributed by atoms with Gasteiger partial charge in [-0.1, -0.05) is 13.8 Å². The Morgan fingerprint density at radius 3 is 2.48 bits per heavy atom. The average molecular weight is 290 g/mol. The second-order valence-corrected chi connectivity index (χ2v) is 5.54. The Balaban J connectivity index is 2.22. The number of carboxylic acid groups (broad SMARTS) is 1. The second-order valence-electron chi connectivity index (χ2n) is 5.54. The molecule has 6 nitrogen and oxygen atoms in total. The topological polar surface area (TPSA) is 73.6 Å². The van der Waals surface area contributed by atoms with Crippen LogP contribution in [0.25, 0.3) is 11.0 Å². The van der Waals surface area contributed by atoms with Crippen LogP contribution in [0.2, 0.25) is 0 Å². The number of fused-ring (bicyclic) bond motifs is 2. The molecular formula is C15H18N2O4. The molecule has 0 bridgehead atoms. The van der Waals surface area contributed by atoms with E-state index in [2.05, 4.69) is 4.98 Å². The van der Waals surface area contributed by atoms with Gasteiger partial charge in [-0.15, -0.1) is 0 Å². The van der Waals surface area contributed by atoms with Crippen LogP contribution in [0.15, 0.2) is 12.1 Å². The predicted octanol–water partition coefficient (Wildman–Crippen LogP) is 2.40. The highest BCUT2D eigenvalue weighted by Crippen LogP contribution is 2.36. The Morgan fingerprint density at radius 2 is 1.90 bits per heavy atom. The van der Waals surface area contributed by atoms with Crippen molar-refractivity contribution in [1.29, 1.82) is 0 Å². The maximum atomic E-state index is 11.6. The first kappa shape index (κ1) is 13.7. The van der Waals surface area contributed by atoms with E-state index in [1.54, 1.807) is 4.57 Å². The number of hydrogen-bond acceptors (Lipinski definition) is 4. The molecule has 3 rings (SSSR count). The Morgan fingerprint density at radius 1 is 1.29 bits per heavy atom. The number of aryl methyl sites for hydroxylation is 1. The Kier molecular flexibility index (Phi) is 3.23. The number of carbonyl (C=O) groups is 1. The highest BCUT2D eigenvalue weighted by Gasteiger charge is 2.28. The molecule has 6 heteroatoms. The summed E-state index contributed by atoms with van der Waals surface area (Å²) in [6.07, 6.45) is 0. The van der Waals surface area contributed by atoms with Crippen LogP contribution in [0.3, 0.4) is 0 Å². The standard InChI is InChI=1S/C15H18N2O4/c1-8(2)14(15(18)19)17-9(3)16-10-6-12-13(7-11(10)17)21-5-4-20-12/h6-8,14H,4-5H2,1-3H3,(H,18,19). The fourth-order valence-corrected chi connectivity index (χ4v) is 2.80. The van der Waals surface area contributed by atoms with Crippen LogP contribution < -0.4 is 9.47 Å². The van der Waals surface area contributed by atoms with Crippen LogP contribution >= 0.6 is 0 Å². The minimum Gasteiger partial charge on any atom is -0.486 e. The fourth-order valence-electron chi connectivity index (χ4n) is 2.80. The molecule has 0 saturated heterocycles. The number of aromatic nitrogens is 2. The summed E-state index contributed by atoms with van der Waals surface area (Å²) in [6, 6.07) is 2.98. The van der Waals surface area contributed by atoms with Gasteiger partial charge in [-0.05, 0) is 12.8 Å². The zero-order valence-electron chi connectivity index (χ0n) is 12.3. The smallest absolute Gasteiger partial charge is 0.327 e. The van der Waals surface area contributed by atoms with Crippen LogP contribution in [0.5, 0.6) is 11.5 Å². The lowest BCUT2D eigenvalue weighted by Gasteiger charge is -2.22. The zero-order chi connectivity index (χ0) is 15.1. The molecule has 0 spiro atoms. The molecule has 2 heterocycles. The summed E-state index contributed by atoms with van der Waals surface area (Å²) in [5, 5.41) is 9.53. The monoisotopic (exact) mass is 290 g/mol. The third kappa shape index (κ3) is 2.20.